The van der Waals surface area contributed by atoms with E-state index in [1.165, 1.54) is 0 Å². The Kier molecular flexibility index (Phi) is 3.57. The van der Waals surface area contributed by atoms with Gasteiger partial charge in [0, 0.05) is 35.9 Å². The molecule has 1 aliphatic heterocycles. The topological polar surface area (TPSA) is 122 Å². The first-order chi connectivity index (χ1) is 13.4. The number of fused-ring (bicyclic) bond motifs is 2. The highest BCUT2D eigenvalue weighted by Gasteiger charge is 2.38. The molecule has 1 aromatic carbocycles. The Bertz CT molecular complexity index is 1080. The highest BCUT2D eigenvalue weighted by atomic mass is 16.2. The summed E-state index contributed by atoms with van der Waals surface area (Å²) in [5.41, 5.74) is 8.60. The molecule has 0 saturated heterocycles. The van der Waals surface area contributed by atoms with Crippen LogP contribution < -0.4 is 21.7 Å². The van der Waals surface area contributed by atoms with Crippen molar-refractivity contribution in [2.24, 2.45) is 5.73 Å². The fourth-order valence-corrected chi connectivity index (χ4v) is 3.75. The summed E-state index contributed by atoms with van der Waals surface area (Å²) in [5, 5.41) is 14.0. The smallest absolute Gasteiger partial charge is 0.247 e. The van der Waals surface area contributed by atoms with Crippen molar-refractivity contribution in [3.8, 4) is 0 Å². The highest BCUT2D eigenvalue weighted by molar-refractivity contribution is 6.06. The van der Waals surface area contributed by atoms with Crippen molar-refractivity contribution >= 4 is 34.7 Å². The molecular weight excluding hydrogens is 356 g/mol. The van der Waals surface area contributed by atoms with Gasteiger partial charge in [-0.3, -0.25) is 4.79 Å². The van der Waals surface area contributed by atoms with E-state index in [0.29, 0.717) is 23.5 Å². The van der Waals surface area contributed by atoms with E-state index in [4.69, 9.17) is 5.73 Å². The van der Waals surface area contributed by atoms with Gasteiger partial charge >= 0.3 is 0 Å². The van der Waals surface area contributed by atoms with Crippen molar-refractivity contribution in [1.82, 2.24) is 19.6 Å². The van der Waals surface area contributed by atoms with E-state index in [-0.39, 0.29) is 11.9 Å². The molecule has 1 aliphatic carbocycles. The van der Waals surface area contributed by atoms with E-state index in [9.17, 15) is 4.79 Å². The Labute approximate surface area is 161 Å². The largest absolute Gasteiger partial charge is 0.364 e. The molecule has 0 unspecified atom stereocenters. The lowest BCUT2D eigenvalue weighted by Crippen LogP contribution is -2.44. The van der Waals surface area contributed by atoms with Gasteiger partial charge in [0.05, 0.1) is 5.41 Å². The van der Waals surface area contributed by atoms with Gasteiger partial charge in [0.2, 0.25) is 11.9 Å². The molecule has 9 nitrogen and oxygen atoms in total. The van der Waals surface area contributed by atoms with Gasteiger partial charge in [0.1, 0.15) is 0 Å². The maximum Gasteiger partial charge on any atom is 0.247 e. The van der Waals surface area contributed by atoms with Crippen LogP contribution in [0.2, 0.25) is 0 Å². The van der Waals surface area contributed by atoms with E-state index in [1.54, 1.807) is 16.9 Å². The Morgan fingerprint density at radius 2 is 2.14 bits per heavy atom. The van der Waals surface area contributed by atoms with E-state index in [0.717, 1.165) is 29.8 Å². The number of hydrogen-bond donors (Lipinski definition) is 4. The molecule has 1 amide bonds. The van der Waals surface area contributed by atoms with E-state index < -0.39 is 5.41 Å². The fraction of sp³-hybridized carbons (Fsp3) is 0.368. The minimum Gasteiger partial charge on any atom is -0.364 e. The average molecular weight is 378 g/mol. The zero-order chi connectivity index (χ0) is 19.5. The number of aromatic nitrogens is 4. The number of anilines is 4. The number of nitrogens with two attached hydrogens (primary N) is 1. The van der Waals surface area contributed by atoms with E-state index >= 15 is 0 Å². The lowest BCUT2D eigenvalue weighted by molar-refractivity contribution is -0.119. The molecule has 28 heavy (non-hydrogen) atoms. The van der Waals surface area contributed by atoms with Crippen molar-refractivity contribution in [3.63, 3.8) is 0 Å². The van der Waals surface area contributed by atoms with Crippen LogP contribution in [0.5, 0.6) is 0 Å². The van der Waals surface area contributed by atoms with Crippen LogP contribution in [0.3, 0.4) is 0 Å². The van der Waals surface area contributed by atoms with Crippen LogP contribution in [0, 0.1) is 0 Å². The summed E-state index contributed by atoms with van der Waals surface area (Å²) in [5.74, 6) is 1.16. The first kappa shape index (κ1) is 16.9. The number of hydrogen-bond acceptors (Lipinski definition) is 7. The second-order valence-corrected chi connectivity index (χ2v) is 8.02. The number of carbonyl (C=O) groups is 1. The molecular formula is C19H22N8O. The van der Waals surface area contributed by atoms with Crippen molar-refractivity contribution in [2.75, 3.05) is 16.0 Å². The maximum absolute atomic E-state index is 12.1. The van der Waals surface area contributed by atoms with Crippen LogP contribution in [0.15, 0.2) is 30.6 Å². The Morgan fingerprint density at radius 3 is 2.93 bits per heavy atom. The summed E-state index contributed by atoms with van der Waals surface area (Å²) in [6, 6.07) is 6.38. The second-order valence-electron chi connectivity index (χ2n) is 8.02. The minimum atomic E-state index is -0.522. The number of nitrogens with zero attached hydrogens (tertiary/aromatic N) is 4. The van der Waals surface area contributed by atoms with Gasteiger partial charge in [-0.15, -0.1) is 5.10 Å². The summed E-state index contributed by atoms with van der Waals surface area (Å²) in [6.45, 7) is 3.84. The lowest BCUT2D eigenvalue weighted by Gasteiger charge is -2.33. The van der Waals surface area contributed by atoms with Gasteiger partial charge in [0.15, 0.2) is 11.5 Å². The number of amides is 1. The summed E-state index contributed by atoms with van der Waals surface area (Å²) in [7, 11) is 0. The third-order valence-corrected chi connectivity index (χ3v) is 5.53. The minimum absolute atomic E-state index is 0.00279. The van der Waals surface area contributed by atoms with Gasteiger partial charge in [-0.2, -0.15) is 4.98 Å². The normalized spacial score (nSPS) is 22.5. The third-order valence-electron chi connectivity index (χ3n) is 5.53. The number of nitrogens with one attached hydrogen (secondary N) is 3. The SMILES string of the molecule is CC1(C)C(=O)Nc2cc(Nc3nc4c(N[C@H]5C[C@H](N)C5)nccn4n3)ccc21. The standard InChI is InChI=1S/C19H22N8O/c1-19(2)13-4-3-11(9-14(13)24-17(19)28)23-18-25-16-15(21-5-6-27(16)26-18)22-12-7-10(20)8-12/h3-6,9-10,12H,7-8,20H2,1-2H3,(H,21,22)(H,23,26)(H,24,28)/t10-,12-. The molecule has 2 aromatic heterocycles. The first-order valence-electron chi connectivity index (χ1n) is 9.36. The predicted octanol–water partition coefficient (Wildman–Crippen LogP) is 2.00. The molecule has 5 rings (SSSR count). The Balaban J connectivity index is 1.40. The molecule has 0 atom stereocenters. The zero-order valence-electron chi connectivity index (χ0n) is 15.7. The highest BCUT2D eigenvalue weighted by Crippen LogP contribution is 2.38. The summed E-state index contributed by atoms with van der Waals surface area (Å²) in [4.78, 5) is 21.1. The Hall–Kier alpha value is -3.20. The maximum atomic E-state index is 12.1. The van der Waals surface area contributed by atoms with Crippen LogP contribution in [0.25, 0.3) is 5.65 Å². The molecule has 0 spiro atoms. The fourth-order valence-electron chi connectivity index (χ4n) is 3.75. The molecule has 3 aromatic rings. The molecule has 3 heterocycles. The lowest BCUT2D eigenvalue weighted by atomic mass is 9.86. The van der Waals surface area contributed by atoms with Crippen molar-refractivity contribution < 1.29 is 4.79 Å². The zero-order valence-corrected chi connectivity index (χ0v) is 15.7. The van der Waals surface area contributed by atoms with E-state index in [1.807, 2.05) is 32.0 Å². The molecule has 0 radical (unpaired) electrons. The number of rotatable bonds is 4. The summed E-state index contributed by atoms with van der Waals surface area (Å²) >= 11 is 0. The molecule has 1 fully saturated rings. The van der Waals surface area contributed by atoms with Crippen LogP contribution in [-0.2, 0) is 10.2 Å². The van der Waals surface area contributed by atoms with Crippen molar-refractivity contribution in [3.05, 3.63) is 36.2 Å². The molecule has 1 saturated carbocycles. The average Bonchev–Trinajstić information content (AvgIpc) is 3.12. The first-order valence-corrected chi connectivity index (χ1v) is 9.36. The van der Waals surface area contributed by atoms with Crippen molar-refractivity contribution in [2.45, 2.75) is 44.2 Å². The molecule has 2 aliphatic rings. The number of carbonyl (C=O) groups excluding carboxylic acids is 1. The monoisotopic (exact) mass is 378 g/mol. The molecule has 9 heteroatoms. The molecule has 0 bridgehead atoms. The van der Waals surface area contributed by atoms with Gasteiger partial charge < -0.3 is 21.7 Å². The van der Waals surface area contributed by atoms with Gasteiger partial charge in [-0.25, -0.2) is 9.50 Å². The summed E-state index contributed by atoms with van der Waals surface area (Å²) in [6.07, 6.45) is 5.31. The second kappa shape index (κ2) is 5.90. The van der Waals surface area contributed by atoms with Gasteiger partial charge in [-0.1, -0.05) is 6.07 Å². The van der Waals surface area contributed by atoms with Crippen LogP contribution >= 0.6 is 0 Å². The number of benzene rings is 1. The molecule has 144 valence electrons. The van der Waals surface area contributed by atoms with Crippen LogP contribution in [0.4, 0.5) is 23.1 Å². The predicted molar refractivity (Wildman–Crippen MR) is 107 cm³/mol. The van der Waals surface area contributed by atoms with Gasteiger partial charge in [-0.05, 0) is 44.4 Å². The quantitative estimate of drug-likeness (QED) is 0.548. The van der Waals surface area contributed by atoms with Crippen LogP contribution in [-0.4, -0.2) is 37.6 Å². The third kappa shape index (κ3) is 2.66. The van der Waals surface area contributed by atoms with Crippen molar-refractivity contribution in [1.29, 1.82) is 0 Å². The Morgan fingerprint density at radius 1 is 1.32 bits per heavy atom. The van der Waals surface area contributed by atoms with Crippen LogP contribution in [0.1, 0.15) is 32.3 Å². The summed E-state index contributed by atoms with van der Waals surface area (Å²) < 4.78 is 1.69. The van der Waals surface area contributed by atoms with E-state index in [2.05, 4.69) is 31.0 Å². The van der Waals surface area contributed by atoms with Gasteiger partial charge in [0.25, 0.3) is 0 Å². The molecule has 5 N–H and O–H groups in total.